The maximum absolute atomic E-state index is 14.7. The summed E-state index contributed by atoms with van der Waals surface area (Å²) in [5.74, 6) is 7.86. The van der Waals surface area contributed by atoms with Gasteiger partial charge < -0.3 is 9.88 Å². The Balaban J connectivity index is 1.56. The van der Waals surface area contributed by atoms with Crippen molar-refractivity contribution in [1.82, 2.24) is 24.8 Å². The lowest BCUT2D eigenvalue weighted by atomic mass is 9.98. The van der Waals surface area contributed by atoms with Crippen molar-refractivity contribution in [3.05, 3.63) is 108 Å². The van der Waals surface area contributed by atoms with Crippen molar-refractivity contribution in [3.63, 3.8) is 0 Å². The average molecular weight is 580 g/mol. The number of nitrogens with zero attached hydrogens (tertiary/aromatic N) is 2. The normalized spacial score (nSPS) is 13.0. The van der Waals surface area contributed by atoms with E-state index in [1.807, 2.05) is 43.5 Å². The quantitative estimate of drug-likeness (QED) is 0.116. The lowest BCUT2D eigenvalue weighted by molar-refractivity contribution is 0.449. The minimum absolute atomic E-state index is 0.272. The molecule has 3 N–H and O–H groups in total. The van der Waals surface area contributed by atoms with Gasteiger partial charge in [0.15, 0.2) is 0 Å². The molecule has 0 unspecified atom stereocenters. The fourth-order valence-electron chi connectivity index (χ4n) is 5.17. The molecule has 3 aromatic carbocycles. The molecule has 5 rings (SSSR count). The Morgan fingerprint density at radius 2 is 1.86 bits per heavy atom. The zero-order valence-electron chi connectivity index (χ0n) is 24.7. The monoisotopic (exact) mass is 579 g/mol. The fraction of sp³-hybridized carbons (Fsp3) is 0.171. The van der Waals surface area contributed by atoms with E-state index >= 15 is 0 Å². The average Bonchev–Trinajstić information content (AvgIpc) is 3.57. The van der Waals surface area contributed by atoms with E-state index in [9.17, 15) is 4.39 Å². The van der Waals surface area contributed by atoms with E-state index in [1.54, 1.807) is 12.1 Å². The number of hydrogen-bond acceptors (Lipinski definition) is 3. The summed E-state index contributed by atoms with van der Waals surface area (Å²) in [4.78, 5) is 5.68. The van der Waals surface area contributed by atoms with Crippen molar-refractivity contribution in [2.24, 2.45) is 0 Å². The van der Waals surface area contributed by atoms with E-state index in [-0.39, 0.29) is 5.82 Å². The SMILES string of the molecule is C=C/C(=C\C(=C/C)c1ccc2[nH]nc(-c3cc4c(-c5cc(F)cc(CNS(=C)(=C)C)c5)cccc4[nH]3)c2c1)CN(C)C. The lowest BCUT2D eigenvalue weighted by Crippen LogP contribution is -2.14. The van der Waals surface area contributed by atoms with Gasteiger partial charge in [0.2, 0.25) is 0 Å². The molecule has 0 atom stereocenters. The van der Waals surface area contributed by atoms with Gasteiger partial charge in [-0.25, -0.2) is 4.39 Å². The van der Waals surface area contributed by atoms with Crippen LogP contribution in [0.3, 0.4) is 0 Å². The standard InChI is InChI=1S/C35H38FN5S/c1-8-23(22-41(3)4)15-25(9-2)26-13-14-33-31(19-26)35(40-39-33)34-20-30-29(11-10-12-32(30)38-34)27-16-24(17-28(36)18-27)21-37-42(5,6)7/h8-20,37-38H,1,5-6,21-22H2,2-4,7H3,(H,39,40)/b23-15+,25-9+. The number of aromatic amines is 2. The molecule has 0 saturated carbocycles. The van der Waals surface area contributed by atoms with Crippen LogP contribution < -0.4 is 4.72 Å². The number of halogens is 1. The molecular weight excluding hydrogens is 541 g/mol. The largest absolute Gasteiger partial charge is 0.353 e. The van der Waals surface area contributed by atoms with Crippen LogP contribution in [0, 0.1) is 5.82 Å². The number of aromatic nitrogens is 3. The van der Waals surface area contributed by atoms with Crippen molar-refractivity contribution in [1.29, 1.82) is 0 Å². The van der Waals surface area contributed by atoms with E-state index in [0.29, 0.717) is 6.54 Å². The van der Waals surface area contributed by atoms with Crippen LogP contribution in [0.1, 0.15) is 18.1 Å². The highest BCUT2D eigenvalue weighted by molar-refractivity contribution is 8.25. The van der Waals surface area contributed by atoms with E-state index < -0.39 is 9.39 Å². The molecule has 2 heterocycles. The predicted octanol–water partition coefficient (Wildman–Crippen LogP) is 7.90. The smallest absolute Gasteiger partial charge is 0.124 e. The molecule has 5 nitrogen and oxygen atoms in total. The Morgan fingerprint density at radius 1 is 1.05 bits per heavy atom. The Kier molecular flexibility index (Phi) is 8.36. The zero-order valence-corrected chi connectivity index (χ0v) is 25.5. The second-order valence-electron chi connectivity index (χ2n) is 11.1. The van der Waals surface area contributed by atoms with Crippen LogP contribution in [0.5, 0.6) is 0 Å². The van der Waals surface area contributed by atoms with Gasteiger partial charge in [-0.2, -0.15) is 14.5 Å². The summed E-state index contributed by atoms with van der Waals surface area (Å²) >= 11 is 0. The first-order chi connectivity index (χ1) is 20.0. The molecule has 0 fully saturated rings. The van der Waals surface area contributed by atoms with Gasteiger partial charge in [0.1, 0.15) is 11.5 Å². The summed E-state index contributed by atoms with van der Waals surface area (Å²) in [6.07, 6.45) is 8.18. The third kappa shape index (κ3) is 6.49. The molecular formula is C35H38FN5S. The molecule has 0 saturated heterocycles. The lowest BCUT2D eigenvalue weighted by Gasteiger charge is -2.12. The molecule has 42 heavy (non-hydrogen) atoms. The summed E-state index contributed by atoms with van der Waals surface area (Å²) in [5.41, 5.74) is 9.65. The zero-order chi connectivity index (χ0) is 30.0. The van der Waals surface area contributed by atoms with Crippen LogP contribution >= 0.6 is 9.39 Å². The summed E-state index contributed by atoms with van der Waals surface area (Å²) in [6, 6.07) is 19.7. The van der Waals surface area contributed by atoms with Crippen molar-refractivity contribution in [2.75, 3.05) is 26.9 Å². The molecule has 7 heteroatoms. The highest BCUT2D eigenvalue weighted by atomic mass is 32.2. The van der Waals surface area contributed by atoms with Gasteiger partial charge in [0, 0.05) is 29.4 Å². The van der Waals surface area contributed by atoms with Crippen LogP contribution in [-0.2, 0) is 6.54 Å². The number of H-pyrrole nitrogens is 2. The van der Waals surface area contributed by atoms with E-state index in [2.05, 4.69) is 93.6 Å². The number of hydrogen-bond donors (Lipinski definition) is 3. The van der Waals surface area contributed by atoms with E-state index in [4.69, 9.17) is 0 Å². The maximum atomic E-state index is 14.7. The summed E-state index contributed by atoms with van der Waals surface area (Å²) in [6.45, 7) is 7.37. The first-order valence-electron chi connectivity index (χ1n) is 13.8. The van der Waals surface area contributed by atoms with Crippen molar-refractivity contribution in [3.8, 4) is 22.5 Å². The van der Waals surface area contributed by atoms with Crippen LogP contribution in [0.4, 0.5) is 4.39 Å². The number of benzene rings is 3. The van der Waals surface area contributed by atoms with Gasteiger partial charge in [-0.1, -0.05) is 54.7 Å². The number of fused-ring (bicyclic) bond motifs is 2. The molecule has 0 bridgehead atoms. The van der Waals surface area contributed by atoms with Gasteiger partial charge >= 0.3 is 0 Å². The van der Waals surface area contributed by atoms with E-state index in [0.717, 1.165) is 73.1 Å². The summed E-state index contributed by atoms with van der Waals surface area (Å²) in [7, 11) is 2.69. The summed E-state index contributed by atoms with van der Waals surface area (Å²) < 4.78 is 18.1. The number of nitrogens with one attached hydrogen (secondary N) is 3. The van der Waals surface area contributed by atoms with E-state index in [1.165, 1.54) is 0 Å². The van der Waals surface area contributed by atoms with Crippen molar-refractivity contribution >= 4 is 48.5 Å². The number of rotatable bonds is 10. The molecule has 0 amide bonds. The Labute approximate surface area is 248 Å². The molecule has 0 spiro atoms. The number of allylic oxidation sites excluding steroid dienone is 3. The Bertz CT molecular complexity index is 1950. The molecule has 216 valence electrons. The Hall–Kier alpha value is -4.17. The molecule has 0 aliphatic heterocycles. The predicted molar refractivity (Wildman–Crippen MR) is 184 cm³/mol. The maximum Gasteiger partial charge on any atom is 0.124 e. The van der Waals surface area contributed by atoms with Crippen molar-refractivity contribution < 1.29 is 4.39 Å². The minimum Gasteiger partial charge on any atom is -0.353 e. The third-order valence-electron chi connectivity index (χ3n) is 7.12. The van der Waals surface area contributed by atoms with Gasteiger partial charge in [0.05, 0.1) is 11.2 Å². The third-order valence-corrected chi connectivity index (χ3v) is 7.96. The summed E-state index contributed by atoms with van der Waals surface area (Å²) in [5, 5.41) is 9.90. The molecule has 0 aliphatic rings. The van der Waals surface area contributed by atoms with Crippen LogP contribution in [0.2, 0.25) is 0 Å². The van der Waals surface area contributed by atoms with Crippen LogP contribution in [0.15, 0.2) is 91.0 Å². The minimum atomic E-state index is -1.41. The first-order valence-corrected chi connectivity index (χ1v) is 16.2. The second-order valence-corrected chi connectivity index (χ2v) is 14.0. The number of likely N-dealkylation sites (N-methyl/N-ethyl adjacent to an activating group) is 1. The highest BCUT2D eigenvalue weighted by Gasteiger charge is 2.15. The second kappa shape index (κ2) is 12.0. The van der Waals surface area contributed by atoms with Gasteiger partial charge in [-0.3, -0.25) is 9.82 Å². The van der Waals surface area contributed by atoms with Gasteiger partial charge in [-0.15, -0.1) is 0 Å². The fourth-order valence-corrected chi connectivity index (χ4v) is 5.68. The van der Waals surface area contributed by atoms with Gasteiger partial charge in [0.25, 0.3) is 0 Å². The molecule has 0 radical (unpaired) electrons. The van der Waals surface area contributed by atoms with Gasteiger partial charge in [-0.05, 0) is 103 Å². The highest BCUT2D eigenvalue weighted by Crippen LogP contribution is 2.35. The molecule has 5 aromatic rings. The molecule has 0 aliphatic carbocycles. The van der Waals surface area contributed by atoms with Crippen LogP contribution in [0.25, 0.3) is 49.9 Å². The van der Waals surface area contributed by atoms with Crippen LogP contribution in [-0.4, -0.2) is 58.7 Å². The Morgan fingerprint density at radius 3 is 2.57 bits per heavy atom. The van der Waals surface area contributed by atoms with Crippen molar-refractivity contribution in [2.45, 2.75) is 13.5 Å². The first kappa shape index (κ1) is 29.3. The topological polar surface area (TPSA) is 59.7 Å². The molecule has 2 aromatic heterocycles.